The monoisotopic (exact) mass is 231 g/mol. The second kappa shape index (κ2) is 5.28. The Balaban J connectivity index is -0.000000180. The van der Waals surface area contributed by atoms with Gasteiger partial charge in [-0.2, -0.15) is 13.2 Å². The van der Waals surface area contributed by atoms with Crippen molar-refractivity contribution in [3.05, 3.63) is 0 Å². The molecular weight excluding hydrogens is 226 g/mol. The third-order valence-corrected chi connectivity index (χ3v) is 1.01. The summed E-state index contributed by atoms with van der Waals surface area (Å²) in [5, 5.41) is 0. The maximum Gasteiger partial charge on any atom is 0.414 e. The number of halogens is 5. The lowest BCUT2D eigenvalue weighted by molar-refractivity contribution is -0.112. The van der Waals surface area contributed by atoms with Crippen LogP contribution in [0.3, 0.4) is 0 Å². The molecule has 0 fully saturated rings. The van der Waals surface area contributed by atoms with Crippen molar-refractivity contribution in [2.75, 3.05) is 0 Å². The van der Waals surface area contributed by atoms with Gasteiger partial charge in [-0.25, -0.2) is 0 Å². The first kappa shape index (κ1) is 16.2. The Bertz CT molecular complexity index is 67.3. The van der Waals surface area contributed by atoms with Crippen molar-refractivity contribution in [1.82, 2.24) is 6.15 Å². The summed E-state index contributed by atoms with van der Waals surface area (Å²) in [6.45, 7) is 0. The van der Waals surface area contributed by atoms with E-state index >= 15 is 0 Å². The maximum absolute atomic E-state index is 11.0. The van der Waals surface area contributed by atoms with E-state index in [1.807, 2.05) is 0 Å². The molecule has 60 valence electrons. The summed E-state index contributed by atoms with van der Waals surface area (Å²) in [5.74, 6) is 0. The molecule has 0 saturated heterocycles. The van der Waals surface area contributed by atoms with Crippen LogP contribution in [0.1, 0.15) is 0 Å². The third-order valence-electron chi connectivity index (χ3n) is 0.247. The molecule has 0 aromatic heterocycles. The fourth-order valence-corrected chi connectivity index (χ4v) is 0. The van der Waals surface area contributed by atoms with Crippen LogP contribution in [0, 0.1) is 0 Å². The Morgan fingerprint density at radius 1 is 1.33 bits per heavy atom. The van der Waals surface area contributed by atoms with E-state index in [2.05, 4.69) is 27.5 Å². The summed E-state index contributed by atoms with van der Waals surface area (Å²) >= 11 is 6.68. The lowest BCUT2D eigenvalue weighted by Crippen LogP contribution is -2.16. The molecular formula is C2H6BrClF3NO. The summed E-state index contributed by atoms with van der Waals surface area (Å²) in [6, 6.07) is 0. The predicted octanol–water partition coefficient (Wildman–Crippen LogP) is 1.85. The van der Waals surface area contributed by atoms with Gasteiger partial charge in [0, 0.05) is 0 Å². The van der Waals surface area contributed by atoms with E-state index in [9.17, 15) is 13.2 Å². The molecule has 0 rings (SSSR count). The van der Waals surface area contributed by atoms with Crippen LogP contribution in [-0.4, -0.2) is 15.9 Å². The highest BCUT2D eigenvalue weighted by Crippen LogP contribution is 2.28. The minimum absolute atomic E-state index is 0. The quantitative estimate of drug-likeness (QED) is 0.636. The van der Waals surface area contributed by atoms with Crippen molar-refractivity contribution in [3.63, 3.8) is 0 Å². The minimum Gasteiger partial charge on any atom is -0.412 e. The lowest BCUT2D eigenvalue weighted by atomic mass is 10.8. The summed E-state index contributed by atoms with van der Waals surface area (Å²) in [7, 11) is 0. The minimum atomic E-state index is -4.32. The normalized spacial score (nSPS) is 13.0. The summed E-state index contributed by atoms with van der Waals surface area (Å²) in [6.07, 6.45) is -4.32. The first-order valence-corrected chi connectivity index (χ1v) is 2.64. The van der Waals surface area contributed by atoms with Crippen LogP contribution in [0.25, 0.3) is 0 Å². The van der Waals surface area contributed by atoms with Crippen LogP contribution in [0.15, 0.2) is 0 Å². The first-order chi connectivity index (χ1) is 2.94. The Morgan fingerprint density at radius 2 is 1.44 bits per heavy atom. The molecule has 0 aromatic rings. The van der Waals surface area contributed by atoms with E-state index < -0.39 is 10.5 Å². The summed E-state index contributed by atoms with van der Waals surface area (Å²) < 4.78 is 31.1. The second-order valence-electron chi connectivity index (χ2n) is 0.842. The zero-order chi connectivity index (χ0) is 6.08. The highest BCUT2D eigenvalue weighted by Gasteiger charge is 2.35. The molecule has 9 heavy (non-hydrogen) atoms. The molecule has 0 aliphatic heterocycles. The molecule has 0 aliphatic rings. The van der Waals surface area contributed by atoms with Crippen LogP contribution >= 0.6 is 27.5 Å². The fraction of sp³-hybridized carbons (Fsp3) is 1.00. The highest BCUT2D eigenvalue weighted by atomic mass is 79.9. The molecule has 0 bridgehead atoms. The van der Waals surface area contributed by atoms with E-state index in [0.29, 0.717) is 0 Å². The number of hydrogen-bond acceptors (Lipinski definition) is 1. The van der Waals surface area contributed by atoms with E-state index in [1.165, 1.54) is 0 Å². The van der Waals surface area contributed by atoms with Gasteiger partial charge in [-0.05, 0) is 0 Å². The average Bonchev–Trinajstić information content (AvgIpc) is 1.31. The standard InChI is InChI=1S/C2HBrClF3.H3N.H2O/c3-1(4)2(5,6)7;;/h1H;1H3;1H2. The second-order valence-corrected chi connectivity index (χ2v) is 2.72. The van der Waals surface area contributed by atoms with Crippen LogP contribution in [-0.2, 0) is 0 Å². The van der Waals surface area contributed by atoms with Gasteiger partial charge in [0.15, 0.2) is 4.29 Å². The molecule has 0 saturated carbocycles. The Hall–Kier alpha value is 0.480. The van der Waals surface area contributed by atoms with Crippen LogP contribution < -0.4 is 6.15 Å². The average molecular weight is 232 g/mol. The third kappa shape index (κ3) is 8.48. The SMILES string of the molecule is FC(F)(F)C(Cl)Br.N.O. The van der Waals surface area contributed by atoms with Crippen LogP contribution in [0.4, 0.5) is 13.2 Å². The van der Waals surface area contributed by atoms with Gasteiger partial charge in [-0.1, -0.05) is 15.9 Å². The topological polar surface area (TPSA) is 66.5 Å². The van der Waals surface area contributed by atoms with E-state index in [4.69, 9.17) is 0 Å². The van der Waals surface area contributed by atoms with Crippen molar-refractivity contribution in [1.29, 1.82) is 0 Å². The van der Waals surface area contributed by atoms with Gasteiger partial charge in [0.2, 0.25) is 0 Å². The first-order valence-electron chi connectivity index (χ1n) is 1.29. The van der Waals surface area contributed by atoms with Crippen molar-refractivity contribution in [2.24, 2.45) is 0 Å². The summed E-state index contributed by atoms with van der Waals surface area (Å²) in [4.78, 5) is 0. The van der Waals surface area contributed by atoms with Crippen molar-refractivity contribution < 1.29 is 18.6 Å². The highest BCUT2D eigenvalue weighted by molar-refractivity contribution is 9.10. The van der Waals surface area contributed by atoms with Crippen molar-refractivity contribution >= 4 is 27.5 Å². The molecule has 0 spiro atoms. The predicted molar refractivity (Wildman–Crippen MR) is 33.3 cm³/mol. The van der Waals surface area contributed by atoms with Gasteiger partial charge < -0.3 is 11.6 Å². The van der Waals surface area contributed by atoms with Crippen molar-refractivity contribution in [2.45, 2.75) is 10.5 Å². The Labute approximate surface area is 63.4 Å². The molecule has 1 atom stereocenters. The van der Waals surface area contributed by atoms with E-state index in [0.717, 1.165) is 0 Å². The molecule has 0 aliphatic carbocycles. The van der Waals surface area contributed by atoms with Crippen LogP contribution in [0.2, 0.25) is 0 Å². The van der Waals surface area contributed by atoms with Gasteiger partial charge in [0.1, 0.15) is 0 Å². The number of hydrogen-bond donors (Lipinski definition) is 1. The largest absolute Gasteiger partial charge is 0.414 e. The van der Waals surface area contributed by atoms with E-state index in [1.54, 1.807) is 0 Å². The molecule has 0 amide bonds. The number of alkyl halides is 5. The smallest absolute Gasteiger partial charge is 0.412 e. The van der Waals surface area contributed by atoms with E-state index in [-0.39, 0.29) is 11.6 Å². The fourth-order valence-electron chi connectivity index (χ4n) is 0. The van der Waals surface area contributed by atoms with Gasteiger partial charge in [-0.3, -0.25) is 0 Å². The van der Waals surface area contributed by atoms with Gasteiger partial charge in [0.25, 0.3) is 0 Å². The molecule has 2 nitrogen and oxygen atoms in total. The Kier molecular flexibility index (Phi) is 9.52. The molecule has 0 heterocycles. The summed E-state index contributed by atoms with van der Waals surface area (Å²) in [5.41, 5.74) is 0. The van der Waals surface area contributed by atoms with Crippen LogP contribution in [0.5, 0.6) is 0 Å². The molecule has 1 unspecified atom stereocenters. The maximum atomic E-state index is 11.0. The molecule has 0 aromatic carbocycles. The number of rotatable bonds is 0. The lowest BCUT2D eigenvalue weighted by Gasteiger charge is -2.03. The molecule has 5 N–H and O–H groups in total. The van der Waals surface area contributed by atoms with Gasteiger partial charge >= 0.3 is 6.18 Å². The molecule has 7 heteroatoms. The van der Waals surface area contributed by atoms with Gasteiger partial charge in [0.05, 0.1) is 0 Å². The zero-order valence-electron chi connectivity index (χ0n) is 4.17. The zero-order valence-corrected chi connectivity index (χ0v) is 6.52. The molecule has 0 radical (unpaired) electrons. The van der Waals surface area contributed by atoms with Gasteiger partial charge in [-0.15, -0.1) is 11.6 Å². The Morgan fingerprint density at radius 3 is 1.44 bits per heavy atom. The van der Waals surface area contributed by atoms with Crippen molar-refractivity contribution in [3.8, 4) is 0 Å².